The van der Waals surface area contributed by atoms with E-state index in [2.05, 4.69) is 22.0 Å². The minimum atomic E-state index is -4.38. The number of hydrogen-bond acceptors (Lipinski definition) is 7. The molecule has 11 heteroatoms. The first-order valence-electron chi connectivity index (χ1n) is 15.7. The largest absolute Gasteiger partial charge is 0.419 e. The molecule has 0 radical (unpaired) electrons. The fraction of sp³-hybridized carbons (Fsp3) is 0.189. The van der Waals surface area contributed by atoms with E-state index in [9.17, 15) is 13.0 Å². The maximum atomic E-state index is 14.0. The molecule has 4 aromatic carbocycles. The van der Waals surface area contributed by atoms with Crippen LogP contribution >= 0.6 is 7.75 Å². The Morgan fingerprint density at radius 2 is 1.33 bits per heavy atom. The standard InChI is InChI=1S/C37H37N4O5PS/c1-4-35-38-36-27(2)23-28(3)41(37(36)39-35)24-29-19-21-32(22-20-29)33-17-11-12-18-34(33)48(43,44)40-47(42,45-25-30-13-7-5-8-14-30)46-26-31-15-9-6-10-16-31/h5-23H,4,24-26H2,1-3H3,(H,40,42). The molecule has 0 aromatic heterocycles. The zero-order valence-electron chi connectivity index (χ0n) is 27.0. The van der Waals surface area contributed by atoms with Crippen molar-refractivity contribution in [1.29, 1.82) is 0 Å². The normalized spacial score (nSPS) is 12.1. The lowest BCUT2D eigenvalue weighted by Crippen LogP contribution is -2.24. The first-order valence-corrected chi connectivity index (χ1v) is 18.7. The number of hydrogen-bond donors (Lipinski definition) is 1. The number of nitrogens with one attached hydrogen (secondary N) is 1. The van der Waals surface area contributed by atoms with E-state index in [1.54, 1.807) is 42.5 Å². The average Bonchev–Trinajstić information content (AvgIpc) is 3.55. The third-order valence-corrected chi connectivity index (χ3v) is 11.7. The summed E-state index contributed by atoms with van der Waals surface area (Å²) < 4.78 is 57.7. The molecule has 0 atom stereocenters. The summed E-state index contributed by atoms with van der Waals surface area (Å²) in [5.74, 6) is 1.67. The Balaban J connectivity index is 1.26. The second-order valence-corrected chi connectivity index (χ2v) is 15.2. The van der Waals surface area contributed by atoms with Crippen molar-refractivity contribution in [2.75, 3.05) is 0 Å². The topological polar surface area (TPSA) is 112 Å². The number of pyridine rings is 1. The molecule has 0 aliphatic carbocycles. The highest BCUT2D eigenvalue weighted by Crippen LogP contribution is 2.47. The lowest BCUT2D eigenvalue weighted by molar-refractivity contribution is 0.188. The van der Waals surface area contributed by atoms with E-state index >= 15 is 0 Å². The van der Waals surface area contributed by atoms with Crippen molar-refractivity contribution in [3.8, 4) is 22.6 Å². The number of rotatable bonds is 13. The molecule has 246 valence electrons. The first kappa shape index (κ1) is 33.5. The monoisotopic (exact) mass is 680 g/mol. The van der Waals surface area contributed by atoms with Gasteiger partial charge in [0.2, 0.25) is 10.0 Å². The lowest BCUT2D eigenvalue weighted by atomic mass is 10.0. The Morgan fingerprint density at radius 3 is 1.94 bits per heavy atom. The van der Waals surface area contributed by atoms with E-state index in [0.29, 0.717) is 17.7 Å². The van der Waals surface area contributed by atoms with Crippen LogP contribution in [0.25, 0.3) is 22.6 Å². The van der Waals surface area contributed by atoms with Crippen LogP contribution in [-0.2, 0) is 49.8 Å². The molecule has 0 amide bonds. The van der Waals surface area contributed by atoms with Gasteiger partial charge >= 0.3 is 7.75 Å². The van der Waals surface area contributed by atoms with Gasteiger partial charge in [-0.15, -0.1) is 4.49 Å². The number of fused-ring (bicyclic) bond motifs is 1. The van der Waals surface area contributed by atoms with Crippen molar-refractivity contribution in [1.82, 2.24) is 19.0 Å². The van der Waals surface area contributed by atoms with Crippen molar-refractivity contribution in [3.63, 3.8) is 0 Å². The van der Waals surface area contributed by atoms with Crippen LogP contribution in [0.5, 0.6) is 0 Å². The Hall–Kier alpha value is -4.44. The molecular formula is C37H37N4O5PS. The third-order valence-electron chi connectivity index (χ3n) is 7.99. The van der Waals surface area contributed by atoms with E-state index in [1.807, 2.05) is 74.5 Å². The summed E-state index contributed by atoms with van der Waals surface area (Å²) >= 11 is 0. The minimum Gasteiger partial charge on any atom is -0.324 e. The van der Waals surface area contributed by atoms with Crippen LogP contribution in [0.4, 0.5) is 0 Å². The Morgan fingerprint density at radius 1 is 0.750 bits per heavy atom. The fourth-order valence-electron chi connectivity index (χ4n) is 5.48. The third kappa shape index (κ3) is 7.65. The first-order chi connectivity index (χ1) is 23.1. The maximum absolute atomic E-state index is 14.0. The summed E-state index contributed by atoms with van der Waals surface area (Å²) in [7, 11) is -8.76. The Labute approximate surface area is 281 Å². The van der Waals surface area contributed by atoms with Crippen LogP contribution in [0.1, 0.15) is 40.7 Å². The van der Waals surface area contributed by atoms with Crippen molar-refractivity contribution in [2.24, 2.45) is 0 Å². The summed E-state index contributed by atoms with van der Waals surface area (Å²) in [6.45, 7) is 6.50. The number of sulfonamides is 1. The van der Waals surface area contributed by atoms with Crippen molar-refractivity contribution in [3.05, 3.63) is 149 Å². The quantitative estimate of drug-likeness (QED) is 0.123. The van der Waals surface area contributed by atoms with Gasteiger partial charge < -0.3 is 4.57 Å². The Bertz CT molecular complexity index is 2090. The highest BCUT2D eigenvalue weighted by atomic mass is 32.2. The van der Waals surface area contributed by atoms with Crippen LogP contribution in [0.2, 0.25) is 0 Å². The van der Waals surface area contributed by atoms with Gasteiger partial charge in [-0.2, -0.15) is 0 Å². The van der Waals surface area contributed by atoms with Crippen LogP contribution in [0.3, 0.4) is 0 Å². The van der Waals surface area contributed by atoms with E-state index in [1.165, 1.54) is 6.07 Å². The number of aryl methyl sites for hydroxylation is 3. The maximum Gasteiger partial charge on any atom is 0.419 e. The van der Waals surface area contributed by atoms with Gasteiger partial charge in [-0.25, -0.2) is 23.0 Å². The van der Waals surface area contributed by atoms with Crippen LogP contribution in [0.15, 0.2) is 120 Å². The minimum absolute atomic E-state index is 0.0470. The van der Waals surface area contributed by atoms with E-state index in [4.69, 9.17) is 19.0 Å². The molecule has 0 spiro atoms. The smallest absolute Gasteiger partial charge is 0.324 e. The van der Waals surface area contributed by atoms with Crippen molar-refractivity contribution >= 4 is 17.8 Å². The molecule has 4 aromatic rings. The highest BCUT2D eigenvalue weighted by molar-refractivity contribution is 7.94. The van der Waals surface area contributed by atoms with Crippen molar-refractivity contribution < 1.29 is 22.0 Å². The molecule has 48 heavy (non-hydrogen) atoms. The van der Waals surface area contributed by atoms with Gasteiger partial charge in [-0.3, -0.25) is 9.05 Å². The molecule has 0 bridgehead atoms. The number of benzene rings is 4. The molecule has 9 nitrogen and oxygen atoms in total. The molecule has 1 N–H and O–H groups in total. The Kier molecular flexibility index (Phi) is 10.0. The summed E-state index contributed by atoms with van der Waals surface area (Å²) in [4.78, 5) is 9.44. The zero-order valence-corrected chi connectivity index (χ0v) is 28.7. The van der Waals surface area contributed by atoms with Crippen LogP contribution in [-0.4, -0.2) is 23.0 Å². The van der Waals surface area contributed by atoms with Crippen molar-refractivity contribution in [2.45, 2.75) is 51.8 Å². The summed E-state index contributed by atoms with van der Waals surface area (Å²) in [5.41, 5.74) is 6.65. The highest BCUT2D eigenvalue weighted by Gasteiger charge is 2.34. The molecule has 6 rings (SSSR count). The molecular weight excluding hydrogens is 643 g/mol. The zero-order chi connectivity index (χ0) is 33.7. The molecule has 2 aliphatic heterocycles. The second-order valence-electron chi connectivity index (χ2n) is 11.5. The fourth-order valence-corrected chi connectivity index (χ4v) is 8.92. The van der Waals surface area contributed by atoms with Gasteiger partial charge in [0, 0.05) is 24.2 Å². The summed E-state index contributed by atoms with van der Waals surface area (Å²) in [5, 5.41) is 0. The predicted octanol–water partition coefficient (Wildman–Crippen LogP) is 8.10. The summed E-state index contributed by atoms with van der Waals surface area (Å²) in [6, 6.07) is 34.6. The number of nitrogens with zero attached hydrogens (tertiary/aromatic N) is 3. The molecule has 0 fully saturated rings. The molecule has 2 aliphatic rings. The van der Waals surface area contributed by atoms with Gasteiger partial charge in [0.25, 0.3) is 0 Å². The molecule has 0 saturated heterocycles. The van der Waals surface area contributed by atoms with Gasteiger partial charge in [0.05, 0.1) is 18.1 Å². The van der Waals surface area contributed by atoms with Gasteiger partial charge in [0.1, 0.15) is 11.5 Å². The molecule has 2 heterocycles. The predicted molar refractivity (Wildman–Crippen MR) is 187 cm³/mol. The van der Waals surface area contributed by atoms with E-state index < -0.39 is 17.8 Å². The van der Waals surface area contributed by atoms with Gasteiger partial charge in [0.15, 0.2) is 5.82 Å². The SMILES string of the molecule is CCc1nc2c(C)cc(C)n(Cc3ccc(-c4ccccc4S(=O)(=O)NP(=O)(OCc4ccccc4)OCc4ccccc4)cc3)c-2n1. The molecule has 0 saturated carbocycles. The van der Waals surface area contributed by atoms with Gasteiger partial charge in [-0.1, -0.05) is 110 Å². The average molecular weight is 681 g/mol. The van der Waals surface area contributed by atoms with E-state index in [0.717, 1.165) is 51.7 Å². The van der Waals surface area contributed by atoms with E-state index in [-0.39, 0.29) is 18.1 Å². The van der Waals surface area contributed by atoms with Gasteiger partial charge in [-0.05, 0) is 53.8 Å². The van der Waals surface area contributed by atoms with Crippen LogP contribution < -0.4 is 4.49 Å². The summed E-state index contributed by atoms with van der Waals surface area (Å²) in [6.07, 6.45) is 0.757. The number of aromatic nitrogens is 3. The molecule has 0 unspecified atom stereocenters. The second kappa shape index (κ2) is 14.4. The number of imidazole rings is 1. The van der Waals surface area contributed by atoms with Crippen LogP contribution in [0, 0.1) is 13.8 Å². The lowest BCUT2D eigenvalue weighted by Gasteiger charge is -2.21.